The van der Waals surface area contributed by atoms with Gasteiger partial charge in [0.15, 0.2) is 0 Å². The summed E-state index contributed by atoms with van der Waals surface area (Å²) in [5, 5.41) is 13.5. The van der Waals surface area contributed by atoms with E-state index in [0.29, 0.717) is 25.4 Å². The third-order valence-electron chi connectivity index (χ3n) is 3.09. The molecule has 0 aliphatic heterocycles. The Balaban J connectivity index is 1.96. The summed E-state index contributed by atoms with van der Waals surface area (Å²) in [6.07, 6.45) is 2.48. The third-order valence-corrected chi connectivity index (χ3v) is 3.09. The van der Waals surface area contributed by atoms with E-state index in [0.717, 1.165) is 29.6 Å². The maximum atomic E-state index is 9.21. The van der Waals surface area contributed by atoms with E-state index < -0.39 is 0 Å². The number of pyridine rings is 1. The van der Waals surface area contributed by atoms with Crippen LogP contribution in [0.15, 0.2) is 30.5 Å². The summed E-state index contributed by atoms with van der Waals surface area (Å²) in [5.41, 5.74) is 2.30. The Morgan fingerprint density at radius 1 is 1.24 bits per heavy atom. The molecule has 0 atom stereocenters. The Bertz CT molecular complexity index is 622. The number of hydrogen-bond acceptors (Lipinski definition) is 5. The van der Waals surface area contributed by atoms with Crippen LogP contribution in [0.5, 0.6) is 0 Å². The van der Waals surface area contributed by atoms with Gasteiger partial charge in [-0.3, -0.25) is 4.98 Å². The molecule has 0 aliphatic carbocycles. The molecule has 1 aromatic carbocycles. The van der Waals surface area contributed by atoms with Crippen molar-refractivity contribution >= 4 is 16.6 Å². The van der Waals surface area contributed by atoms with Gasteiger partial charge in [-0.05, 0) is 12.5 Å². The number of nitriles is 1. The molecule has 1 N–H and O–H groups in total. The molecule has 0 saturated heterocycles. The second-order valence-electron chi connectivity index (χ2n) is 4.56. The van der Waals surface area contributed by atoms with Crippen LogP contribution in [-0.4, -0.2) is 38.5 Å². The van der Waals surface area contributed by atoms with Gasteiger partial charge in [0, 0.05) is 31.8 Å². The molecule has 1 heterocycles. The summed E-state index contributed by atoms with van der Waals surface area (Å²) in [6, 6.07) is 9.98. The number of rotatable bonds is 8. The Morgan fingerprint density at radius 2 is 2.10 bits per heavy atom. The molecule has 0 bridgehead atoms. The number of hydrogen-bond donors (Lipinski definition) is 1. The minimum Gasteiger partial charge on any atom is -0.383 e. The summed E-state index contributed by atoms with van der Waals surface area (Å²) in [4.78, 5) is 4.29. The first-order valence-corrected chi connectivity index (χ1v) is 6.95. The van der Waals surface area contributed by atoms with Gasteiger partial charge in [-0.1, -0.05) is 18.2 Å². The van der Waals surface area contributed by atoms with Crippen molar-refractivity contribution in [3.63, 3.8) is 0 Å². The largest absolute Gasteiger partial charge is 0.383 e. The molecule has 5 heteroatoms. The van der Waals surface area contributed by atoms with Gasteiger partial charge in [0.1, 0.15) is 6.07 Å². The molecule has 0 saturated carbocycles. The highest BCUT2D eigenvalue weighted by Crippen LogP contribution is 2.25. The van der Waals surface area contributed by atoms with Gasteiger partial charge < -0.3 is 14.8 Å². The SMILES string of the molecule is COCCOCCCNc1c(C#N)cnc2ccccc12. The molecule has 0 spiro atoms. The van der Waals surface area contributed by atoms with Crippen LogP contribution >= 0.6 is 0 Å². The van der Waals surface area contributed by atoms with E-state index in [4.69, 9.17) is 9.47 Å². The highest BCUT2D eigenvalue weighted by molar-refractivity contribution is 5.93. The van der Waals surface area contributed by atoms with Crippen LogP contribution in [0, 0.1) is 11.3 Å². The summed E-state index contributed by atoms with van der Waals surface area (Å²) in [6.45, 7) is 2.63. The topological polar surface area (TPSA) is 67.2 Å². The van der Waals surface area contributed by atoms with E-state index in [1.165, 1.54) is 0 Å². The molecular weight excluding hydrogens is 266 g/mol. The van der Waals surface area contributed by atoms with Crippen molar-refractivity contribution < 1.29 is 9.47 Å². The monoisotopic (exact) mass is 285 g/mol. The van der Waals surface area contributed by atoms with E-state index in [1.54, 1.807) is 13.3 Å². The zero-order valence-corrected chi connectivity index (χ0v) is 12.1. The quantitative estimate of drug-likeness (QED) is 0.755. The summed E-state index contributed by atoms with van der Waals surface area (Å²) >= 11 is 0. The number of ether oxygens (including phenoxy) is 2. The highest BCUT2D eigenvalue weighted by atomic mass is 16.5. The second kappa shape index (κ2) is 8.20. The van der Waals surface area contributed by atoms with Gasteiger partial charge in [-0.2, -0.15) is 5.26 Å². The summed E-state index contributed by atoms with van der Waals surface area (Å²) < 4.78 is 10.3. The first-order chi connectivity index (χ1) is 10.4. The van der Waals surface area contributed by atoms with Gasteiger partial charge in [0.25, 0.3) is 0 Å². The minimum absolute atomic E-state index is 0.564. The van der Waals surface area contributed by atoms with Crippen molar-refractivity contribution in [3.8, 4) is 6.07 Å². The molecule has 2 aromatic rings. The zero-order valence-electron chi connectivity index (χ0n) is 12.1. The Hall–Kier alpha value is -2.16. The molecule has 0 fully saturated rings. The van der Waals surface area contributed by atoms with Gasteiger partial charge >= 0.3 is 0 Å². The minimum atomic E-state index is 0.564. The number of benzene rings is 1. The number of nitrogens with one attached hydrogen (secondary N) is 1. The molecule has 0 unspecified atom stereocenters. The summed E-state index contributed by atoms with van der Waals surface area (Å²) in [7, 11) is 1.66. The van der Waals surface area contributed by atoms with E-state index >= 15 is 0 Å². The predicted molar refractivity (Wildman–Crippen MR) is 82.3 cm³/mol. The first-order valence-electron chi connectivity index (χ1n) is 6.95. The van der Waals surface area contributed by atoms with E-state index in [1.807, 2.05) is 24.3 Å². The van der Waals surface area contributed by atoms with Crippen LogP contribution in [0.4, 0.5) is 5.69 Å². The van der Waals surface area contributed by atoms with Gasteiger partial charge in [-0.15, -0.1) is 0 Å². The maximum absolute atomic E-state index is 9.21. The van der Waals surface area contributed by atoms with E-state index in [9.17, 15) is 5.26 Å². The fourth-order valence-electron chi connectivity index (χ4n) is 2.05. The molecule has 0 aliphatic rings. The molecule has 110 valence electrons. The number of aromatic nitrogens is 1. The lowest BCUT2D eigenvalue weighted by atomic mass is 10.1. The second-order valence-corrected chi connectivity index (χ2v) is 4.56. The third kappa shape index (κ3) is 4.15. The fraction of sp³-hybridized carbons (Fsp3) is 0.375. The molecular formula is C16H19N3O2. The maximum Gasteiger partial charge on any atom is 0.103 e. The van der Waals surface area contributed by atoms with E-state index in [2.05, 4.69) is 16.4 Å². The average molecular weight is 285 g/mol. The highest BCUT2D eigenvalue weighted by Gasteiger charge is 2.07. The van der Waals surface area contributed by atoms with Gasteiger partial charge in [-0.25, -0.2) is 0 Å². The average Bonchev–Trinajstić information content (AvgIpc) is 2.54. The number of fused-ring (bicyclic) bond motifs is 1. The van der Waals surface area contributed by atoms with Crippen molar-refractivity contribution in [2.75, 3.05) is 38.8 Å². The zero-order chi connectivity index (χ0) is 14.9. The Morgan fingerprint density at radius 3 is 2.90 bits per heavy atom. The Labute approximate surface area is 124 Å². The normalized spacial score (nSPS) is 10.5. The van der Waals surface area contributed by atoms with Crippen LogP contribution in [0.1, 0.15) is 12.0 Å². The van der Waals surface area contributed by atoms with Gasteiger partial charge in [0.2, 0.25) is 0 Å². The molecule has 1 aromatic heterocycles. The van der Waals surface area contributed by atoms with E-state index in [-0.39, 0.29) is 0 Å². The lowest BCUT2D eigenvalue weighted by Gasteiger charge is -2.11. The molecule has 0 radical (unpaired) electrons. The molecule has 21 heavy (non-hydrogen) atoms. The van der Waals surface area contributed by atoms with Crippen LogP contribution < -0.4 is 5.32 Å². The van der Waals surface area contributed by atoms with Crippen molar-refractivity contribution in [3.05, 3.63) is 36.0 Å². The van der Waals surface area contributed by atoms with Crippen LogP contribution in [0.3, 0.4) is 0 Å². The fourth-order valence-corrected chi connectivity index (χ4v) is 2.05. The molecule has 0 amide bonds. The summed E-state index contributed by atoms with van der Waals surface area (Å²) in [5.74, 6) is 0. The van der Waals surface area contributed by atoms with Crippen molar-refractivity contribution in [1.29, 1.82) is 5.26 Å². The molecule has 5 nitrogen and oxygen atoms in total. The van der Waals surface area contributed by atoms with Crippen LogP contribution in [0.2, 0.25) is 0 Å². The predicted octanol–water partition coefficient (Wildman–Crippen LogP) is 2.57. The standard InChI is InChI=1S/C16H19N3O2/c1-20-9-10-21-8-4-7-18-16-13(11-17)12-19-15-6-3-2-5-14(15)16/h2-3,5-6,12H,4,7-10H2,1H3,(H,18,19). The van der Waals surface area contributed by atoms with Crippen molar-refractivity contribution in [2.45, 2.75) is 6.42 Å². The van der Waals surface area contributed by atoms with Crippen LogP contribution in [-0.2, 0) is 9.47 Å². The van der Waals surface area contributed by atoms with Crippen LogP contribution in [0.25, 0.3) is 10.9 Å². The lowest BCUT2D eigenvalue weighted by molar-refractivity contribution is 0.0705. The number of nitrogens with zero attached hydrogens (tertiary/aromatic N) is 2. The Kier molecular flexibility index (Phi) is 5.95. The first kappa shape index (κ1) is 15.2. The molecule has 2 rings (SSSR count). The number of methoxy groups -OCH3 is 1. The number of anilines is 1. The smallest absolute Gasteiger partial charge is 0.103 e. The number of para-hydroxylation sites is 1. The van der Waals surface area contributed by atoms with Crippen molar-refractivity contribution in [1.82, 2.24) is 4.98 Å². The van der Waals surface area contributed by atoms with Crippen molar-refractivity contribution in [2.24, 2.45) is 0 Å². The lowest BCUT2D eigenvalue weighted by Crippen LogP contribution is -2.09. The van der Waals surface area contributed by atoms with Gasteiger partial charge in [0.05, 0.1) is 30.0 Å².